The van der Waals surface area contributed by atoms with Gasteiger partial charge in [-0.1, -0.05) is 60.3 Å². The van der Waals surface area contributed by atoms with Crippen molar-refractivity contribution in [3.05, 3.63) is 71.8 Å². The molecule has 1 aliphatic heterocycles. The van der Waals surface area contributed by atoms with Crippen molar-refractivity contribution >= 4 is 23.8 Å². The lowest BCUT2D eigenvalue weighted by atomic mass is 10.2. The molecule has 2 aromatic carbocycles. The van der Waals surface area contributed by atoms with E-state index in [4.69, 9.17) is 4.74 Å². The zero-order chi connectivity index (χ0) is 13.1. The van der Waals surface area contributed by atoms with Crippen LogP contribution in [0.3, 0.4) is 0 Å². The molecule has 0 bridgehead atoms. The summed E-state index contributed by atoms with van der Waals surface area (Å²) in [6.45, 7) is 0. The molecule has 3 heteroatoms. The first kappa shape index (κ1) is 12.1. The summed E-state index contributed by atoms with van der Waals surface area (Å²) in [6, 6.07) is 17.5. The molecule has 3 rings (SSSR count). The van der Waals surface area contributed by atoms with E-state index in [0.29, 0.717) is 5.56 Å². The van der Waals surface area contributed by atoms with Gasteiger partial charge < -0.3 is 4.74 Å². The summed E-state index contributed by atoms with van der Waals surface area (Å²) in [4.78, 5) is 12.8. The third-order valence-corrected chi connectivity index (χ3v) is 3.91. The summed E-state index contributed by atoms with van der Waals surface area (Å²) in [7, 11) is 0. The predicted octanol–water partition coefficient (Wildman–Crippen LogP) is 3.99. The molecule has 0 aliphatic carbocycles. The molecule has 0 saturated carbocycles. The summed E-state index contributed by atoms with van der Waals surface area (Å²) in [5.74, 6) is -0.253. The van der Waals surface area contributed by atoms with E-state index < -0.39 is 0 Å². The Morgan fingerprint density at radius 2 is 1.74 bits per heavy atom. The molecule has 1 unspecified atom stereocenters. The van der Waals surface area contributed by atoms with Crippen molar-refractivity contribution in [2.45, 2.75) is 10.3 Å². The van der Waals surface area contributed by atoms with Gasteiger partial charge in [-0.15, -0.1) is 0 Å². The number of hydrogen-bond donors (Lipinski definition) is 0. The summed E-state index contributed by atoms with van der Waals surface area (Å²) in [5.41, 5.74) is 1.48. The maximum absolute atomic E-state index is 11.8. The molecule has 2 aromatic rings. The van der Waals surface area contributed by atoms with Crippen LogP contribution < -0.4 is 0 Å². The second-order valence-corrected chi connectivity index (χ2v) is 5.30. The van der Waals surface area contributed by atoms with Crippen LogP contribution in [0, 0.1) is 0 Å². The molecule has 1 heterocycles. The maximum atomic E-state index is 11.8. The highest BCUT2D eigenvalue weighted by molar-refractivity contribution is 8.00. The van der Waals surface area contributed by atoms with Crippen molar-refractivity contribution in [3.63, 3.8) is 0 Å². The summed E-state index contributed by atoms with van der Waals surface area (Å²) >= 11 is 1.55. The highest BCUT2D eigenvalue weighted by atomic mass is 32.2. The number of carbonyl (C=O) groups is 1. The Morgan fingerprint density at radius 3 is 2.58 bits per heavy atom. The number of hydrogen-bond acceptors (Lipinski definition) is 3. The first-order chi connectivity index (χ1) is 9.33. The molecule has 1 atom stereocenters. The Bertz CT molecular complexity index is 620. The molecule has 0 fully saturated rings. The normalized spacial score (nSPS) is 18.1. The first-order valence-corrected chi connectivity index (χ1v) is 6.91. The van der Waals surface area contributed by atoms with Crippen LogP contribution in [-0.2, 0) is 4.74 Å². The standard InChI is InChI=1S/C16H12O2S/c17-16-13-8-4-5-9-14(13)19-15(18-16)11-10-12-6-2-1-3-7-12/h1-11,15H. The molecule has 0 aromatic heterocycles. The van der Waals surface area contributed by atoms with Crippen LogP contribution in [0.2, 0.25) is 0 Å². The minimum absolute atomic E-state index is 0.253. The monoisotopic (exact) mass is 268 g/mol. The average molecular weight is 268 g/mol. The molecule has 0 N–H and O–H groups in total. The lowest BCUT2D eigenvalue weighted by Gasteiger charge is -2.21. The Balaban J connectivity index is 1.79. The van der Waals surface area contributed by atoms with Crippen LogP contribution in [0.25, 0.3) is 6.08 Å². The molecular weight excluding hydrogens is 256 g/mol. The van der Waals surface area contributed by atoms with Crippen LogP contribution >= 0.6 is 11.8 Å². The third-order valence-electron chi connectivity index (χ3n) is 2.82. The molecule has 0 spiro atoms. The summed E-state index contributed by atoms with van der Waals surface area (Å²) < 4.78 is 5.37. The van der Waals surface area contributed by atoms with Crippen LogP contribution in [-0.4, -0.2) is 11.4 Å². The fourth-order valence-corrected chi connectivity index (χ4v) is 2.87. The summed E-state index contributed by atoms with van der Waals surface area (Å²) in [5, 5.41) is 0. The molecule has 94 valence electrons. The van der Waals surface area contributed by atoms with E-state index in [1.165, 1.54) is 0 Å². The third kappa shape index (κ3) is 2.71. The van der Waals surface area contributed by atoms with E-state index in [9.17, 15) is 4.79 Å². The smallest absolute Gasteiger partial charge is 0.340 e. The van der Waals surface area contributed by atoms with Gasteiger partial charge in [0.2, 0.25) is 0 Å². The fourth-order valence-electron chi connectivity index (χ4n) is 1.89. The highest BCUT2D eigenvalue weighted by Crippen LogP contribution is 2.34. The van der Waals surface area contributed by atoms with Gasteiger partial charge in [0.1, 0.15) is 0 Å². The molecule has 0 amide bonds. The second-order valence-electron chi connectivity index (χ2n) is 4.16. The topological polar surface area (TPSA) is 26.3 Å². The highest BCUT2D eigenvalue weighted by Gasteiger charge is 2.24. The molecule has 1 aliphatic rings. The Kier molecular flexibility index (Phi) is 3.38. The maximum Gasteiger partial charge on any atom is 0.340 e. The van der Waals surface area contributed by atoms with Gasteiger partial charge in [0.15, 0.2) is 5.44 Å². The number of ether oxygens (including phenoxy) is 1. The minimum Gasteiger partial charge on any atom is -0.443 e. The average Bonchev–Trinajstić information content (AvgIpc) is 2.46. The van der Waals surface area contributed by atoms with Gasteiger partial charge in [-0.2, -0.15) is 0 Å². The number of carbonyl (C=O) groups excluding carboxylic acids is 1. The number of benzene rings is 2. The van der Waals surface area contributed by atoms with E-state index in [1.807, 2.05) is 60.7 Å². The SMILES string of the molecule is O=C1OC(C=Cc2ccccc2)Sc2ccccc21. The Morgan fingerprint density at radius 1 is 1.00 bits per heavy atom. The van der Waals surface area contributed by atoms with Crippen molar-refractivity contribution < 1.29 is 9.53 Å². The van der Waals surface area contributed by atoms with Crippen molar-refractivity contribution in [2.24, 2.45) is 0 Å². The molecule has 2 nitrogen and oxygen atoms in total. The minimum atomic E-state index is -0.261. The van der Waals surface area contributed by atoms with Gasteiger partial charge in [0, 0.05) is 4.90 Å². The van der Waals surface area contributed by atoms with E-state index in [2.05, 4.69) is 0 Å². The first-order valence-electron chi connectivity index (χ1n) is 6.03. The molecular formula is C16H12O2S. The largest absolute Gasteiger partial charge is 0.443 e. The van der Waals surface area contributed by atoms with E-state index in [-0.39, 0.29) is 11.4 Å². The lowest BCUT2D eigenvalue weighted by molar-refractivity contribution is 0.0497. The van der Waals surface area contributed by atoms with Crippen molar-refractivity contribution in [1.82, 2.24) is 0 Å². The number of thioether (sulfide) groups is 1. The predicted molar refractivity (Wildman–Crippen MR) is 77.0 cm³/mol. The van der Waals surface area contributed by atoms with E-state index in [0.717, 1.165) is 10.5 Å². The number of cyclic esters (lactones) is 1. The summed E-state index contributed by atoms with van der Waals surface area (Å²) in [6.07, 6.45) is 3.88. The zero-order valence-electron chi connectivity index (χ0n) is 10.2. The zero-order valence-corrected chi connectivity index (χ0v) is 11.0. The van der Waals surface area contributed by atoms with Gasteiger partial charge >= 0.3 is 5.97 Å². The number of esters is 1. The Labute approximate surface area is 116 Å². The number of fused-ring (bicyclic) bond motifs is 1. The van der Waals surface area contributed by atoms with Crippen LogP contribution in [0.15, 0.2) is 65.6 Å². The van der Waals surface area contributed by atoms with Crippen molar-refractivity contribution in [3.8, 4) is 0 Å². The van der Waals surface area contributed by atoms with Crippen LogP contribution in [0.1, 0.15) is 15.9 Å². The van der Waals surface area contributed by atoms with Crippen LogP contribution in [0.4, 0.5) is 0 Å². The number of rotatable bonds is 2. The van der Waals surface area contributed by atoms with Gasteiger partial charge in [0.25, 0.3) is 0 Å². The fraction of sp³-hybridized carbons (Fsp3) is 0.0625. The quantitative estimate of drug-likeness (QED) is 0.770. The lowest BCUT2D eigenvalue weighted by Crippen LogP contribution is -2.18. The van der Waals surface area contributed by atoms with Gasteiger partial charge in [-0.25, -0.2) is 4.79 Å². The van der Waals surface area contributed by atoms with Crippen molar-refractivity contribution in [2.75, 3.05) is 0 Å². The second kappa shape index (κ2) is 5.33. The van der Waals surface area contributed by atoms with Gasteiger partial charge in [-0.3, -0.25) is 0 Å². The van der Waals surface area contributed by atoms with Crippen molar-refractivity contribution in [1.29, 1.82) is 0 Å². The molecule has 0 saturated heterocycles. The van der Waals surface area contributed by atoms with Crippen LogP contribution in [0.5, 0.6) is 0 Å². The van der Waals surface area contributed by atoms with E-state index in [1.54, 1.807) is 17.8 Å². The van der Waals surface area contributed by atoms with E-state index >= 15 is 0 Å². The Hall–Kier alpha value is -2.00. The molecule has 0 radical (unpaired) electrons. The van der Waals surface area contributed by atoms with Gasteiger partial charge in [0.05, 0.1) is 5.56 Å². The van der Waals surface area contributed by atoms with Gasteiger partial charge in [-0.05, 0) is 23.8 Å². The molecule has 19 heavy (non-hydrogen) atoms.